The van der Waals surface area contributed by atoms with Crippen LogP contribution in [0.1, 0.15) is 27.7 Å². The van der Waals surface area contributed by atoms with Gasteiger partial charge in [-0.05, 0) is 12.1 Å². The van der Waals surface area contributed by atoms with Crippen molar-refractivity contribution in [2.45, 2.75) is 52.0 Å². The highest BCUT2D eigenvalue weighted by Gasteiger charge is 2.11. The van der Waals surface area contributed by atoms with Crippen molar-refractivity contribution in [2.24, 2.45) is 0 Å². The number of halogens is 2. The highest BCUT2D eigenvalue weighted by molar-refractivity contribution is 5.85. The molecule has 0 heterocycles. The molecule has 6 nitrogen and oxygen atoms in total. The van der Waals surface area contributed by atoms with Gasteiger partial charge in [0.05, 0.1) is 0 Å². The summed E-state index contributed by atoms with van der Waals surface area (Å²) in [7, 11) is 0. The Morgan fingerprint density at radius 3 is 1.42 bits per heavy atom. The quantitative estimate of drug-likeness (QED) is 0.420. The van der Waals surface area contributed by atoms with Gasteiger partial charge in [0.1, 0.15) is 25.4 Å². The van der Waals surface area contributed by atoms with Crippen molar-refractivity contribution >= 4 is 24.8 Å². The van der Waals surface area contributed by atoms with Crippen molar-refractivity contribution in [1.82, 2.24) is 10.6 Å². The molecule has 2 atom stereocenters. The molecule has 0 fully saturated rings. The molecule has 0 spiro atoms. The second-order valence-electron chi connectivity index (χ2n) is 6.50. The molecule has 0 bridgehead atoms. The van der Waals surface area contributed by atoms with E-state index in [0.717, 1.165) is 0 Å². The molecule has 4 N–H and O–H groups in total. The van der Waals surface area contributed by atoms with E-state index in [1.165, 1.54) is 0 Å². The Morgan fingerprint density at radius 1 is 0.769 bits per heavy atom. The van der Waals surface area contributed by atoms with Gasteiger partial charge in [0.2, 0.25) is 0 Å². The van der Waals surface area contributed by atoms with Gasteiger partial charge in [-0.15, -0.1) is 24.8 Å². The first-order chi connectivity index (χ1) is 11.4. The molecule has 1 aromatic carbocycles. The third-order valence-corrected chi connectivity index (χ3v) is 3.24. The number of ether oxygens (including phenoxy) is 2. The summed E-state index contributed by atoms with van der Waals surface area (Å²) in [5, 5.41) is 26.1. The van der Waals surface area contributed by atoms with Gasteiger partial charge in [-0.1, -0.05) is 39.8 Å². The van der Waals surface area contributed by atoms with Crippen LogP contribution < -0.4 is 20.1 Å². The van der Waals surface area contributed by atoms with Crippen molar-refractivity contribution in [3.05, 3.63) is 24.3 Å². The van der Waals surface area contributed by atoms with Gasteiger partial charge in [0.15, 0.2) is 11.5 Å². The summed E-state index contributed by atoms with van der Waals surface area (Å²) in [6.45, 7) is 9.40. The first-order valence-corrected chi connectivity index (χ1v) is 8.56. The summed E-state index contributed by atoms with van der Waals surface area (Å²) in [5.41, 5.74) is 0. The molecule has 8 heteroatoms. The summed E-state index contributed by atoms with van der Waals surface area (Å²) in [5.74, 6) is 1.12. The minimum Gasteiger partial charge on any atom is -0.487 e. The second-order valence-corrected chi connectivity index (χ2v) is 6.50. The predicted molar refractivity (Wildman–Crippen MR) is 110 cm³/mol. The van der Waals surface area contributed by atoms with Crippen LogP contribution in [0.3, 0.4) is 0 Å². The molecule has 154 valence electrons. The monoisotopic (exact) mass is 412 g/mol. The number of aliphatic hydroxyl groups excluding tert-OH is 2. The Balaban J connectivity index is 0. The summed E-state index contributed by atoms with van der Waals surface area (Å²) in [6.07, 6.45) is -1.19. The van der Waals surface area contributed by atoms with Crippen LogP contribution >= 0.6 is 24.8 Å². The lowest BCUT2D eigenvalue weighted by molar-refractivity contribution is 0.0909. The fourth-order valence-electron chi connectivity index (χ4n) is 1.92. The summed E-state index contributed by atoms with van der Waals surface area (Å²) < 4.78 is 11.3. The van der Waals surface area contributed by atoms with Gasteiger partial charge < -0.3 is 30.3 Å². The fourth-order valence-corrected chi connectivity index (χ4v) is 1.92. The molecule has 1 aromatic rings. The SMILES string of the molecule is CC(C)NCC(O)COc1ccccc1OCC(O)CNC(C)C.Cl.Cl. The standard InChI is InChI=1S/C18H32N2O4.2ClH/c1-13(2)19-9-15(21)11-23-17-7-5-6-8-18(17)24-12-16(22)10-20-14(3)4;;/h5-8,13-16,19-22H,9-12H2,1-4H3;2*1H. The zero-order valence-electron chi connectivity index (χ0n) is 16.0. The van der Waals surface area contributed by atoms with Crippen LogP contribution in [0.5, 0.6) is 11.5 Å². The summed E-state index contributed by atoms with van der Waals surface area (Å²) >= 11 is 0. The van der Waals surface area contributed by atoms with E-state index in [2.05, 4.69) is 10.6 Å². The topological polar surface area (TPSA) is 83.0 Å². The van der Waals surface area contributed by atoms with Crippen LogP contribution in [0.2, 0.25) is 0 Å². The Bertz CT molecular complexity index is 424. The van der Waals surface area contributed by atoms with Crippen molar-refractivity contribution < 1.29 is 19.7 Å². The molecule has 1 rings (SSSR count). The van der Waals surface area contributed by atoms with E-state index in [1.54, 1.807) is 12.1 Å². The Labute approximate surface area is 169 Å². The average molecular weight is 413 g/mol. The first kappa shape index (κ1) is 27.5. The number of hydrogen-bond donors (Lipinski definition) is 4. The molecule has 0 aliphatic heterocycles. The average Bonchev–Trinajstić information content (AvgIpc) is 2.55. The third-order valence-electron chi connectivity index (χ3n) is 3.24. The van der Waals surface area contributed by atoms with Crippen LogP contribution in [-0.4, -0.2) is 60.8 Å². The number of benzene rings is 1. The number of aliphatic hydroxyl groups is 2. The minimum absolute atomic E-state index is 0. The largest absolute Gasteiger partial charge is 0.487 e. The number of nitrogens with one attached hydrogen (secondary N) is 2. The van der Waals surface area contributed by atoms with Crippen LogP contribution in [0.15, 0.2) is 24.3 Å². The van der Waals surface area contributed by atoms with E-state index in [0.29, 0.717) is 36.7 Å². The van der Waals surface area contributed by atoms with Crippen LogP contribution in [-0.2, 0) is 0 Å². The van der Waals surface area contributed by atoms with Gasteiger partial charge in [-0.3, -0.25) is 0 Å². The van der Waals surface area contributed by atoms with Gasteiger partial charge in [-0.2, -0.15) is 0 Å². The normalized spacial score (nSPS) is 12.9. The van der Waals surface area contributed by atoms with Crippen molar-refractivity contribution in [3.8, 4) is 11.5 Å². The zero-order chi connectivity index (χ0) is 17.9. The molecule has 0 aliphatic carbocycles. The van der Waals surface area contributed by atoms with E-state index < -0.39 is 12.2 Å². The molecule has 0 aliphatic rings. The highest BCUT2D eigenvalue weighted by Crippen LogP contribution is 2.26. The Morgan fingerprint density at radius 2 is 1.12 bits per heavy atom. The lowest BCUT2D eigenvalue weighted by atomic mass is 10.3. The third kappa shape index (κ3) is 12.6. The maximum atomic E-state index is 9.91. The number of rotatable bonds is 12. The van der Waals surface area contributed by atoms with Crippen LogP contribution in [0.25, 0.3) is 0 Å². The highest BCUT2D eigenvalue weighted by atomic mass is 35.5. The van der Waals surface area contributed by atoms with Gasteiger partial charge in [-0.25, -0.2) is 0 Å². The van der Waals surface area contributed by atoms with Crippen molar-refractivity contribution in [1.29, 1.82) is 0 Å². The van der Waals surface area contributed by atoms with Gasteiger partial charge >= 0.3 is 0 Å². The maximum absolute atomic E-state index is 9.91. The second kappa shape index (κ2) is 15.3. The van der Waals surface area contributed by atoms with Gasteiger partial charge in [0.25, 0.3) is 0 Å². The molecule has 0 saturated carbocycles. The fraction of sp³-hybridized carbons (Fsp3) is 0.667. The summed E-state index contributed by atoms with van der Waals surface area (Å²) in [6, 6.07) is 7.90. The number of hydrogen-bond acceptors (Lipinski definition) is 6. The van der Waals surface area contributed by atoms with Crippen molar-refractivity contribution in [3.63, 3.8) is 0 Å². The molecule has 0 amide bonds. The maximum Gasteiger partial charge on any atom is 0.161 e. The molecule has 0 saturated heterocycles. The van der Waals surface area contributed by atoms with E-state index in [4.69, 9.17) is 9.47 Å². The first-order valence-electron chi connectivity index (χ1n) is 8.56. The van der Waals surface area contributed by atoms with Crippen molar-refractivity contribution in [2.75, 3.05) is 26.3 Å². The summed E-state index contributed by atoms with van der Waals surface area (Å²) in [4.78, 5) is 0. The predicted octanol–water partition coefficient (Wildman–Crippen LogP) is 2.01. The van der Waals surface area contributed by atoms with E-state index in [9.17, 15) is 10.2 Å². The Hall–Kier alpha value is -0.760. The molecule has 26 heavy (non-hydrogen) atoms. The van der Waals surface area contributed by atoms with Crippen LogP contribution in [0.4, 0.5) is 0 Å². The van der Waals surface area contributed by atoms with E-state index >= 15 is 0 Å². The molecule has 0 aromatic heterocycles. The lowest BCUT2D eigenvalue weighted by Gasteiger charge is -2.18. The van der Waals surface area contributed by atoms with Gasteiger partial charge in [0, 0.05) is 25.2 Å². The zero-order valence-corrected chi connectivity index (χ0v) is 17.6. The molecule has 2 unspecified atom stereocenters. The van der Waals surface area contributed by atoms with E-state index in [1.807, 2.05) is 39.8 Å². The molecule has 0 radical (unpaired) electrons. The molecular weight excluding hydrogens is 379 g/mol. The lowest BCUT2D eigenvalue weighted by Crippen LogP contribution is -2.35. The van der Waals surface area contributed by atoms with E-state index in [-0.39, 0.29) is 38.0 Å². The Kier molecular flexibility index (Phi) is 16.2. The smallest absolute Gasteiger partial charge is 0.161 e. The van der Waals surface area contributed by atoms with Crippen LogP contribution in [0, 0.1) is 0 Å². The minimum atomic E-state index is -0.596. The number of para-hydroxylation sites is 2. The molecular formula is C18H34Cl2N2O4.